The summed E-state index contributed by atoms with van der Waals surface area (Å²) < 4.78 is 5.59. The summed E-state index contributed by atoms with van der Waals surface area (Å²) in [4.78, 5) is 6.78. The normalized spacial score (nSPS) is 16.2. The number of ether oxygens (including phenoxy) is 1. The van der Waals surface area contributed by atoms with Crippen molar-refractivity contribution >= 4 is 5.82 Å². The molecule has 1 N–H and O–H groups in total. The van der Waals surface area contributed by atoms with E-state index in [1.807, 2.05) is 19.2 Å². The van der Waals surface area contributed by atoms with E-state index in [0.717, 1.165) is 43.3 Å². The molecule has 1 aromatic heterocycles. The van der Waals surface area contributed by atoms with Crippen LogP contribution >= 0.6 is 0 Å². The standard InChI is InChI=1S/C12H19N3O/c1-3-16-11-4-5-14-12(10(11)2)15-8-6-13-7-9-15/h4-5,13H,3,6-9H2,1-2H3. The highest BCUT2D eigenvalue weighted by Crippen LogP contribution is 2.26. The lowest BCUT2D eigenvalue weighted by atomic mass is 10.2. The van der Waals surface area contributed by atoms with Gasteiger partial charge in [0.25, 0.3) is 0 Å². The van der Waals surface area contributed by atoms with Gasteiger partial charge in [0.2, 0.25) is 0 Å². The number of hydrogen-bond acceptors (Lipinski definition) is 4. The van der Waals surface area contributed by atoms with Crippen LogP contribution in [0.4, 0.5) is 5.82 Å². The van der Waals surface area contributed by atoms with E-state index >= 15 is 0 Å². The molecular weight excluding hydrogens is 202 g/mol. The Morgan fingerprint density at radius 3 is 2.88 bits per heavy atom. The average Bonchev–Trinajstić information content (AvgIpc) is 2.33. The molecule has 4 heteroatoms. The van der Waals surface area contributed by atoms with Crippen LogP contribution in [0, 0.1) is 6.92 Å². The van der Waals surface area contributed by atoms with Crippen LogP contribution in [-0.4, -0.2) is 37.8 Å². The van der Waals surface area contributed by atoms with Crippen molar-refractivity contribution in [1.29, 1.82) is 0 Å². The second kappa shape index (κ2) is 5.16. The van der Waals surface area contributed by atoms with Gasteiger partial charge < -0.3 is 15.0 Å². The third-order valence-electron chi connectivity index (χ3n) is 2.84. The first kappa shape index (κ1) is 11.2. The first-order chi connectivity index (χ1) is 7.83. The fourth-order valence-corrected chi connectivity index (χ4v) is 2.01. The Balaban J connectivity index is 2.22. The van der Waals surface area contributed by atoms with E-state index in [2.05, 4.69) is 22.1 Å². The van der Waals surface area contributed by atoms with E-state index in [-0.39, 0.29) is 0 Å². The molecule has 0 atom stereocenters. The van der Waals surface area contributed by atoms with E-state index < -0.39 is 0 Å². The SMILES string of the molecule is CCOc1ccnc(N2CCNCC2)c1C. The van der Waals surface area contributed by atoms with Gasteiger partial charge >= 0.3 is 0 Å². The smallest absolute Gasteiger partial charge is 0.135 e. The summed E-state index contributed by atoms with van der Waals surface area (Å²) in [5, 5.41) is 3.34. The number of hydrogen-bond donors (Lipinski definition) is 1. The fourth-order valence-electron chi connectivity index (χ4n) is 2.01. The van der Waals surface area contributed by atoms with Crippen LogP contribution in [0.5, 0.6) is 5.75 Å². The highest BCUT2D eigenvalue weighted by atomic mass is 16.5. The van der Waals surface area contributed by atoms with Gasteiger partial charge in [-0.2, -0.15) is 0 Å². The minimum absolute atomic E-state index is 0.700. The molecule has 0 spiro atoms. The van der Waals surface area contributed by atoms with E-state index in [9.17, 15) is 0 Å². The van der Waals surface area contributed by atoms with Crippen molar-refractivity contribution in [2.45, 2.75) is 13.8 Å². The summed E-state index contributed by atoms with van der Waals surface area (Å²) in [5.74, 6) is 2.01. The molecule has 1 aliphatic heterocycles. The Bertz CT molecular complexity index is 348. The number of pyridine rings is 1. The van der Waals surface area contributed by atoms with E-state index in [1.54, 1.807) is 0 Å². The Hall–Kier alpha value is -1.29. The summed E-state index contributed by atoms with van der Waals surface area (Å²) in [6, 6.07) is 1.94. The maximum Gasteiger partial charge on any atom is 0.135 e. The Morgan fingerprint density at radius 1 is 1.44 bits per heavy atom. The van der Waals surface area contributed by atoms with Crippen LogP contribution in [0.2, 0.25) is 0 Å². The van der Waals surface area contributed by atoms with Crippen LogP contribution in [0.1, 0.15) is 12.5 Å². The molecular formula is C12H19N3O. The Morgan fingerprint density at radius 2 is 2.19 bits per heavy atom. The fraction of sp³-hybridized carbons (Fsp3) is 0.583. The van der Waals surface area contributed by atoms with Crippen LogP contribution in [-0.2, 0) is 0 Å². The molecule has 0 aromatic carbocycles. The van der Waals surface area contributed by atoms with Crippen LogP contribution < -0.4 is 15.0 Å². The third kappa shape index (κ3) is 2.27. The molecule has 0 unspecified atom stereocenters. The molecule has 0 bridgehead atoms. The number of anilines is 1. The first-order valence-electron chi connectivity index (χ1n) is 5.87. The van der Waals surface area contributed by atoms with Gasteiger partial charge in [-0.15, -0.1) is 0 Å². The first-order valence-corrected chi connectivity index (χ1v) is 5.87. The largest absolute Gasteiger partial charge is 0.493 e. The number of aromatic nitrogens is 1. The van der Waals surface area contributed by atoms with Crippen molar-refractivity contribution < 1.29 is 4.74 Å². The predicted molar refractivity (Wildman–Crippen MR) is 65.2 cm³/mol. The molecule has 0 saturated carbocycles. The number of rotatable bonds is 3. The van der Waals surface area contributed by atoms with E-state index in [0.29, 0.717) is 6.61 Å². The summed E-state index contributed by atoms with van der Waals surface area (Å²) in [6.07, 6.45) is 1.83. The van der Waals surface area contributed by atoms with Crippen LogP contribution in [0.3, 0.4) is 0 Å². The van der Waals surface area contributed by atoms with Crippen molar-refractivity contribution in [1.82, 2.24) is 10.3 Å². The molecule has 16 heavy (non-hydrogen) atoms. The van der Waals surface area contributed by atoms with Gasteiger partial charge in [-0.1, -0.05) is 0 Å². The monoisotopic (exact) mass is 221 g/mol. The summed E-state index contributed by atoms with van der Waals surface area (Å²) in [5.41, 5.74) is 1.14. The highest BCUT2D eigenvalue weighted by Gasteiger charge is 2.15. The molecule has 0 amide bonds. The zero-order chi connectivity index (χ0) is 11.4. The molecule has 1 aliphatic rings. The predicted octanol–water partition coefficient (Wildman–Crippen LogP) is 1.20. The van der Waals surface area contributed by atoms with Gasteiger partial charge in [-0.3, -0.25) is 0 Å². The van der Waals surface area contributed by atoms with Crippen molar-refractivity contribution in [3.05, 3.63) is 17.8 Å². The third-order valence-corrected chi connectivity index (χ3v) is 2.84. The van der Waals surface area contributed by atoms with Gasteiger partial charge in [-0.25, -0.2) is 4.98 Å². The van der Waals surface area contributed by atoms with Crippen molar-refractivity contribution in [2.24, 2.45) is 0 Å². The average molecular weight is 221 g/mol. The Labute approximate surface area is 96.6 Å². The molecule has 2 heterocycles. The number of nitrogens with one attached hydrogen (secondary N) is 1. The summed E-state index contributed by atoms with van der Waals surface area (Å²) in [6.45, 7) is 8.87. The lowest BCUT2D eigenvalue weighted by Crippen LogP contribution is -2.44. The second-order valence-electron chi connectivity index (χ2n) is 3.93. The molecule has 1 aromatic rings. The lowest BCUT2D eigenvalue weighted by molar-refractivity contribution is 0.337. The van der Waals surface area contributed by atoms with Gasteiger partial charge in [0.1, 0.15) is 11.6 Å². The van der Waals surface area contributed by atoms with Crippen LogP contribution in [0.25, 0.3) is 0 Å². The van der Waals surface area contributed by atoms with Gasteiger partial charge in [0.15, 0.2) is 0 Å². The zero-order valence-electron chi connectivity index (χ0n) is 9.99. The maximum atomic E-state index is 5.59. The number of nitrogens with zero attached hydrogens (tertiary/aromatic N) is 2. The topological polar surface area (TPSA) is 37.4 Å². The van der Waals surface area contributed by atoms with Crippen molar-refractivity contribution in [3.8, 4) is 5.75 Å². The summed E-state index contributed by atoms with van der Waals surface area (Å²) >= 11 is 0. The molecule has 0 radical (unpaired) electrons. The molecule has 1 fully saturated rings. The quantitative estimate of drug-likeness (QED) is 0.832. The molecule has 0 aliphatic carbocycles. The molecule has 88 valence electrons. The van der Waals surface area contributed by atoms with E-state index in [4.69, 9.17) is 4.74 Å². The zero-order valence-corrected chi connectivity index (χ0v) is 9.99. The minimum atomic E-state index is 0.700. The van der Waals surface area contributed by atoms with Gasteiger partial charge in [0, 0.05) is 37.9 Å². The van der Waals surface area contributed by atoms with Crippen LogP contribution in [0.15, 0.2) is 12.3 Å². The highest BCUT2D eigenvalue weighted by molar-refractivity contribution is 5.53. The minimum Gasteiger partial charge on any atom is -0.493 e. The van der Waals surface area contributed by atoms with Crippen molar-refractivity contribution in [3.63, 3.8) is 0 Å². The second-order valence-corrected chi connectivity index (χ2v) is 3.93. The maximum absolute atomic E-state index is 5.59. The lowest BCUT2D eigenvalue weighted by Gasteiger charge is -2.29. The van der Waals surface area contributed by atoms with Crippen molar-refractivity contribution in [2.75, 3.05) is 37.7 Å². The summed E-state index contributed by atoms with van der Waals surface area (Å²) in [7, 11) is 0. The van der Waals surface area contributed by atoms with Gasteiger partial charge in [-0.05, 0) is 19.9 Å². The molecule has 1 saturated heterocycles. The van der Waals surface area contributed by atoms with E-state index in [1.165, 1.54) is 0 Å². The molecule has 2 rings (SSSR count). The van der Waals surface area contributed by atoms with Gasteiger partial charge in [0.05, 0.1) is 6.61 Å². The Kier molecular flexibility index (Phi) is 3.62. The number of piperazine rings is 1. The molecule has 4 nitrogen and oxygen atoms in total.